The third-order valence-electron chi connectivity index (χ3n) is 2.10. The van der Waals surface area contributed by atoms with Gasteiger partial charge in [0.25, 0.3) is 0 Å². The molecular formula is C13H10N2S. The van der Waals surface area contributed by atoms with Gasteiger partial charge in [-0.15, -0.1) is 0 Å². The van der Waals surface area contributed by atoms with Gasteiger partial charge in [-0.05, 0) is 31.2 Å². The lowest BCUT2D eigenvalue weighted by Gasteiger charge is -2.01. The van der Waals surface area contributed by atoms with Crippen molar-refractivity contribution in [2.75, 3.05) is 0 Å². The van der Waals surface area contributed by atoms with Gasteiger partial charge in [0.1, 0.15) is 11.8 Å². The number of aryl methyl sites for hydroxylation is 1. The van der Waals surface area contributed by atoms with Crippen molar-refractivity contribution in [3.05, 3.63) is 53.9 Å². The van der Waals surface area contributed by atoms with E-state index >= 15 is 0 Å². The minimum atomic E-state index is 0.456. The van der Waals surface area contributed by atoms with Crippen molar-refractivity contribution in [2.24, 2.45) is 0 Å². The first-order valence-electron chi connectivity index (χ1n) is 4.88. The summed E-state index contributed by atoms with van der Waals surface area (Å²) in [6.45, 7) is 2.06. The molecule has 1 aromatic carbocycles. The molecule has 78 valence electrons. The van der Waals surface area contributed by atoms with E-state index in [9.17, 15) is 0 Å². The largest absolute Gasteiger partial charge is 0.245 e. The van der Waals surface area contributed by atoms with Gasteiger partial charge in [0, 0.05) is 16.0 Å². The minimum Gasteiger partial charge on any atom is -0.245 e. The summed E-state index contributed by atoms with van der Waals surface area (Å²) in [4.78, 5) is 6.14. The van der Waals surface area contributed by atoms with Crippen molar-refractivity contribution in [3.8, 4) is 6.07 Å². The predicted octanol–water partition coefficient (Wildman–Crippen LogP) is 3.41. The second kappa shape index (κ2) is 4.82. The molecule has 2 nitrogen and oxygen atoms in total. The van der Waals surface area contributed by atoms with Crippen LogP contribution in [-0.4, -0.2) is 4.98 Å². The predicted molar refractivity (Wildman–Crippen MR) is 64.3 cm³/mol. The second-order valence-electron chi connectivity index (χ2n) is 3.40. The molecule has 0 fully saturated rings. The third-order valence-corrected chi connectivity index (χ3v) is 3.10. The smallest absolute Gasteiger partial charge is 0.141 e. The standard InChI is InChI=1S/C13H10N2S/c1-10-2-4-12(5-3-10)16-13-6-7-15-11(8-13)9-14/h2-8H,1H3. The van der Waals surface area contributed by atoms with Crippen LogP contribution in [0.4, 0.5) is 0 Å². The van der Waals surface area contributed by atoms with E-state index in [0.717, 1.165) is 4.90 Å². The van der Waals surface area contributed by atoms with Gasteiger partial charge in [-0.3, -0.25) is 0 Å². The molecule has 1 heterocycles. The van der Waals surface area contributed by atoms with Gasteiger partial charge in [-0.25, -0.2) is 4.98 Å². The first-order valence-corrected chi connectivity index (χ1v) is 5.70. The zero-order valence-corrected chi connectivity index (χ0v) is 9.66. The molecule has 0 aliphatic rings. The first kappa shape index (κ1) is 10.7. The molecule has 0 radical (unpaired) electrons. The lowest BCUT2D eigenvalue weighted by Crippen LogP contribution is -1.82. The normalized spacial score (nSPS) is 9.75. The van der Waals surface area contributed by atoms with Crippen LogP contribution in [0.2, 0.25) is 0 Å². The maximum atomic E-state index is 8.74. The van der Waals surface area contributed by atoms with E-state index in [-0.39, 0.29) is 0 Å². The fourth-order valence-corrected chi connectivity index (χ4v) is 2.12. The summed E-state index contributed by atoms with van der Waals surface area (Å²) < 4.78 is 0. The topological polar surface area (TPSA) is 36.7 Å². The third kappa shape index (κ3) is 2.62. The molecule has 2 rings (SSSR count). The Morgan fingerprint density at radius 1 is 1.12 bits per heavy atom. The van der Waals surface area contributed by atoms with Crippen molar-refractivity contribution in [2.45, 2.75) is 16.7 Å². The Balaban J connectivity index is 2.21. The fourth-order valence-electron chi connectivity index (χ4n) is 1.28. The molecule has 0 spiro atoms. The number of aromatic nitrogens is 1. The highest BCUT2D eigenvalue weighted by Gasteiger charge is 1.99. The molecule has 16 heavy (non-hydrogen) atoms. The molecule has 0 aliphatic carbocycles. The number of benzene rings is 1. The van der Waals surface area contributed by atoms with Crippen LogP contribution >= 0.6 is 11.8 Å². The van der Waals surface area contributed by atoms with Crippen LogP contribution in [0.15, 0.2) is 52.4 Å². The van der Waals surface area contributed by atoms with Gasteiger partial charge < -0.3 is 0 Å². The Labute approximate surface area is 99.0 Å². The molecule has 0 saturated carbocycles. The minimum absolute atomic E-state index is 0.456. The molecule has 0 bridgehead atoms. The number of hydrogen-bond acceptors (Lipinski definition) is 3. The molecule has 3 heteroatoms. The second-order valence-corrected chi connectivity index (χ2v) is 4.55. The number of nitrogens with zero attached hydrogens (tertiary/aromatic N) is 2. The Hall–Kier alpha value is -1.79. The molecule has 0 aliphatic heterocycles. The lowest BCUT2D eigenvalue weighted by atomic mass is 10.2. The quantitative estimate of drug-likeness (QED) is 0.787. The molecule has 0 amide bonds. The fraction of sp³-hybridized carbons (Fsp3) is 0.0769. The van der Waals surface area contributed by atoms with E-state index in [4.69, 9.17) is 5.26 Å². The summed E-state index contributed by atoms with van der Waals surface area (Å²) >= 11 is 1.63. The van der Waals surface area contributed by atoms with Gasteiger partial charge >= 0.3 is 0 Å². The average molecular weight is 226 g/mol. The van der Waals surface area contributed by atoms with Crippen LogP contribution in [0.3, 0.4) is 0 Å². The maximum absolute atomic E-state index is 8.74. The van der Waals surface area contributed by atoms with Gasteiger partial charge in [0.15, 0.2) is 0 Å². The molecule has 0 saturated heterocycles. The van der Waals surface area contributed by atoms with E-state index in [1.54, 1.807) is 24.0 Å². The van der Waals surface area contributed by atoms with E-state index in [1.807, 2.05) is 12.1 Å². The summed E-state index contributed by atoms with van der Waals surface area (Å²) in [6.07, 6.45) is 1.66. The highest BCUT2D eigenvalue weighted by Crippen LogP contribution is 2.27. The Morgan fingerprint density at radius 3 is 2.56 bits per heavy atom. The van der Waals surface area contributed by atoms with Crippen molar-refractivity contribution in [3.63, 3.8) is 0 Å². The zero-order valence-electron chi connectivity index (χ0n) is 8.84. The first-order chi connectivity index (χ1) is 7.78. The monoisotopic (exact) mass is 226 g/mol. The van der Waals surface area contributed by atoms with Crippen molar-refractivity contribution >= 4 is 11.8 Å². The number of rotatable bonds is 2. The van der Waals surface area contributed by atoms with Crippen LogP contribution in [-0.2, 0) is 0 Å². The number of hydrogen-bond donors (Lipinski definition) is 0. The lowest BCUT2D eigenvalue weighted by molar-refractivity contribution is 1.21. The van der Waals surface area contributed by atoms with Gasteiger partial charge in [0.2, 0.25) is 0 Å². The zero-order chi connectivity index (χ0) is 11.4. The van der Waals surface area contributed by atoms with Crippen molar-refractivity contribution < 1.29 is 0 Å². The molecular weight excluding hydrogens is 216 g/mol. The van der Waals surface area contributed by atoms with Gasteiger partial charge in [-0.1, -0.05) is 29.5 Å². The summed E-state index contributed by atoms with van der Waals surface area (Å²) in [5, 5.41) is 8.74. The van der Waals surface area contributed by atoms with Gasteiger partial charge in [0.05, 0.1) is 0 Å². The molecule has 1 aromatic heterocycles. The van der Waals surface area contributed by atoms with E-state index in [1.165, 1.54) is 10.5 Å². The average Bonchev–Trinajstić information content (AvgIpc) is 2.32. The van der Waals surface area contributed by atoms with Crippen LogP contribution in [0.25, 0.3) is 0 Å². The Morgan fingerprint density at radius 2 is 1.88 bits per heavy atom. The Bertz CT molecular complexity index is 526. The van der Waals surface area contributed by atoms with Crippen LogP contribution < -0.4 is 0 Å². The highest BCUT2D eigenvalue weighted by molar-refractivity contribution is 7.99. The van der Waals surface area contributed by atoms with Crippen LogP contribution in [0.5, 0.6) is 0 Å². The Kier molecular flexibility index (Phi) is 3.23. The summed E-state index contributed by atoms with van der Waals surface area (Å²) in [6, 6.07) is 14.1. The molecule has 2 aromatic rings. The van der Waals surface area contributed by atoms with Crippen LogP contribution in [0.1, 0.15) is 11.3 Å². The molecule has 0 atom stereocenters. The van der Waals surface area contributed by atoms with Crippen LogP contribution in [0, 0.1) is 18.3 Å². The molecule has 0 unspecified atom stereocenters. The SMILES string of the molecule is Cc1ccc(Sc2ccnc(C#N)c2)cc1. The van der Waals surface area contributed by atoms with E-state index in [2.05, 4.69) is 36.2 Å². The summed E-state index contributed by atoms with van der Waals surface area (Å²) in [7, 11) is 0. The van der Waals surface area contributed by atoms with E-state index < -0.39 is 0 Å². The highest BCUT2D eigenvalue weighted by atomic mass is 32.2. The van der Waals surface area contributed by atoms with Crippen molar-refractivity contribution in [1.29, 1.82) is 5.26 Å². The maximum Gasteiger partial charge on any atom is 0.141 e. The number of pyridine rings is 1. The van der Waals surface area contributed by atoms with Crippen molar-refractivity contribution in [1.82, 2.24) is 4.98 Å². The number of nitriles is 1. The van der Waals surface area contributed by atoms with Gasteiger partial charge in [-0.2, -0.15) is 5.26 Å². The summed E-state index contributed by atoms with van der Waals surface area (Å²) in [5.74, 6) is 0. The summed E-state index contributed by atoms with van der Waals surface area (Å²) in [5.41, 5.74) is 1.70. The molecule has 0 N–H and O–H groups in total. The van der Waals surface area contributed by atoms with E-state index in [0.29, 0.717) is 5.69 Å².